The van der Waals surface area contributed by atoms with E-state index in [0.717, 1.165) is 41.6 Å². The Balaban J connectivity index is 1.12. The van der Waals surface area contributed by atoms with Crippen molar-refractivity contribution in [2.45, 2.75) is 25.3 Å². The summed E-state index contributed by atoms with van der Waals surface area (Å²) < 4.78 is 4.92. The number of thiophene rings is 1. The predicted molar refractivity (Wildman–Crippen MR) is 156 cm³/mol. The summed E-state index contributed by atoms with van der Waals surface area (Å²) in [4.78, 5) is 33.1. The van der Waals surface area contributed by atoms with Gasteiger partial charge < -0.3 is 24.8 Å². The molecular weight excluding hydrogens is 510 g/mol. The van der Waals surface area contributed by atoms with Crippen LogP contribution >= 0.6 is 11.3 Å². The van der Waals surface area contributed by atoms with Crippen molar-refractivity contribution in [1.82, 2.24) is 24.8 Å². The molecule has 0 spiro atoms. The number of aromatic nitrogens is 3. The van der Waals surface area contributed by atoms with Crippen molar-refractivity contribution >= 4 is 45.5 Å². The Kier molecular flexibility index (Phi) is 7.49. The molecule has 39 heavy (non-hydrogen) atoms. The lowest BCUT2D eigenvalue weighted by Gasteiger charge is -2.42. The van der Waals surface area contributed by atoms with Crippen molar-refractivity contribution in [2.75, 3.05) is 63.6 Å². The molecule has 3 aromatic heterocycles. The van der Waals surface area contributed by atoms with Crippen molar-refractivity contribution in [1.29, 1.82) is 0 Å². The molecule has 10 heteroatoms. The lowest BCUT2D eigenvalue weighted by Crippen LogP contribution is -2.52. The van der Waals surface area contributed by atoms with Gasteiger partial charge in [-0.3, -0.25) is 4.90 Å². The fourth-order valence-electron chi connectivity index (χ4n) is 5.63. The first-order chi connectivity index (χ1) is 19.1. The van der Waals surface area contributed by atoms with Crippen LogP contribution in [-0.2, 0) is 11.2 Å². The molecule has 5 heterocycles. The summed E-state index contributed by atoms with van der Waals surface area (Å²) in [7, 11) is 3.61. The lowest BCUT2D eigenvalue weighted by molar-refractivity contribution is 0.0607. The minimum atomic E-state index is -0.367. The molecule has 2 N–H and O–H groups in total. The van der Waals surface area contributed by atoms with E-state index in [9.17, 15) is 4.79 Å². The highest BCUT2D eigenvalue weighted by atomic mass is 32.1. The third-order valence-electron chi connectivity index (χ3n) is 7.92. The Bertz CT molecular complexity index is 1420. The van der Waals surface area contributed by atoms with E-state index >= 15 is 0 Å². The summed E-state index contributed by atoms with van der Waals surface area (Å²) in [6.45, 7) is 6.97. The minimum absolute atomic E-state index is 0.367. The van der Waals surface area contributed by atoms with Crippen molar-refractivity contribution in [3.05, 3.63) is 64.2 Å². The van der Waals surface area contributed by atoms with E-state index in [4.69, 9.17) is 14.7 Å². The Morgan fingerprint density at radius 1 is 1.05 bits per heavy atom. The molecule has 2 aliphatic heterocycles. The number of carbonyl (C=O) groups excluding carboxylic acids is 1. The minimum Gasteiger partial charge on any atom is -0.465 e. The average molecular weight is 546 g/mol. The first-order valence-corrected chi connectivity index (χ1v) is 14.5. The topological polar surface area (TPSA) is 89.6 Å². The molecule has 0 aliphatic carbocycles. The summed E-state index contributed by atoms with van der Waals surface area (Å²) in [6, 6.07) is 13.4. The number of piperazine rings is 1. The second-order valence-corrected chi connectivity index (χ2v) is 11.3. The molecule has 2 saturated heterocycles. The smallest absolute Gasteiger partial charge is 0.350 e. The number of piperidine rings is 1. The largest absolute Gasteiger partial charge is 0.465 e. The Labute approximate surface area is 232 Å². The van der Waals surface area contributed by atoms with Gasteiger partial charge in [0, 0.05) is 63.6 Å². The van der Waals surface area contributed by atoms with E-state index in [0.29, 0.717) is 22.8 Å². The van der Waals surface area contributed by atoms with Gasteiger partial charge in [0.05, 0.1) is 18.3 Å². The van der Waals surface area contributed by atoms with Crippen molar-refractivity contribution in [2.24, 2.45) is 0 Å². The third-order valence-corrected chi connectivity index (χ3v) is 8.82. The van der Waals surface area contributed by atoms with Crippen LogP contribution in [-0.4, -0.2) is 90.2 Å². The van der Waals surface area contributed by atoms with Gasteiger partial charge in [0.2, 0.25) is 0 Å². The number of methoxy groups -OCH3 is 1. The van der Waals surface area contributed by atoms with Crippen LogP contribution in [0.5, 0.6) is 0 Å². The predicted octanol–water partition coefficient (Wildman–Crippen LogP) is 4.36. The van der Waals surface area contributed by atoms with Gasteiger partial charge in [-0.1, -0.05) is 12.1 Å². The van der Waals surface area contributed by atoms with Crippen LogP contribution in [0.2, 0.25) is 0 Å². The number of rotatable bonds is 7. The van der Waals surface area contributed by atoms with Gasteiger partial charge in [-0.2, -0.15) is 0 Å². The molecule has 0 atom stereocenters. The number of benzene rings is 1. The number of hydrogen-bond acceptors (Lipinski definition) is 9. The first-order valence-electron chi connectivity index (χ1n) is 13.6. The number of nitrogens with one attached hydrogen (secondary N) is 2. The number of ether oxygens (including phenoxy) is 1. The van der Waals surface area contributed by atoms with Crippen LogP contribution in [0.25, 0.3) is 11.0 Å². The van der Waals surface area contributed by atoms with Gasteiger partial charge in [-0.25, -0.2) is 14.8 Å². The van der Waals surface area contributed by atoms with E-state index in [1.165, 1.54) is 63.2 Å². The summed E-state index contributed by atoms with van der Waals surface area (Å²) in [5.41, 5.74) is 4.76. The van der Waals surface area contributed by atoms with Crippen molar-refractivity contribution in [3.63, 3.8) is 0 Å². The molecule has 0 unspecified atom stereocenters. The molecule has 1 aromatic carbocycles. The Hall–Kier alpha value is -3.47. The Morgan fingerprint density at radius 3 is 2.56 bits per heavy atom. The summed E-state index contributed by atoms with van der Waals surface area (Å²) >= 11 is 1.34. The summed E-state index contributed by atoms with van der Waals surface area (Å²) in [5.74, 6) is 0.997. The van der Waals surface area contributed by atoms with E-state index in [-0.39, 0.29) is 5.97 Å². The molecular formula is C29H35N7O2S. The van der Waals surface area contributed by atoms with Crippen LogP contribution in [0.1, 0.15) is 33.9 Å². The molecule has 0 saturated carbocycles. The molecule has 0 amide bonds. The normalized spacial score (nSPS) is 17.5. The van der Waals surface area contributed by atoms with Gasteiger partial charge >= 0.3 is 5.97 Å². The van der Waals surface area contributed by atoms with Gasteiger partial charge in [0.1, 0.15) is 16.2 Å². The van der Waals surface area contributed by atoms with Gasteiger partial charge in [-0.15, -0.1) is 11.3 Å². The van der Waals surface area contributed by atoms with Crippen LogP contribution in [0.3, 0.4) is 0 Å². The molecule has 4 aromatic rings. The molecule has 204 valence electrons. The number of H-pyrrole nitrogens is 1. The number of nitrogens with zero attached hydrogens (tertiary/aromatic N) is 5. The molecule has 0 radical (unpaired) electrons. The maximum absolute atomic E-state index is 12.1. The molecule has 2 aliphatic rings. The maximum atomic E-state index is 12.1. The van der Waals surface area contributed by atoms with Crippen molar-refractivity contribution in [3.8, 4) is 0 Å². The number of anilines is 3. The number of likely N-dealkylation sites (N-methyl/N-ethyl adjacent to an activating group) is 1. The van der Waals surface area contributed by atoms with E-state index in [1.54, 1.807) is 0 Å². The van der Waals surface area contributed by atoms with Crippen LogP contribution in [0.15, 0.2) is 48.0 Å². The van der Waals surface area contributed by atoms with Gasteiger partial charge in [-0.05, 0) is 55.1 Å². The van der Waals surface area contributed by atoms with E-state index < -0.39 is 0 Å². The lowest BCUT2D eigenvalue weighted by atomic mass is 10.0. The zero-order valence-electron chi connectivity index (χ0n) is 22.5. The fraction of sp³-hybridized carbons (Fsp3) is 0.414. The Morgan fingerprint density at radius 2 is 1.82 bits per heavy atom. The molecule has 2 fully saturated rings. The van der Waals surface area contributed by atoms with Gasteiger partial charge in [0.25, 0.3) is 0 Å². The second kappa shape index (κ2) is 11.3. The molecule has 0 bridgehead atoms. The van der Waals surface area contributed by atoms with E-state index in [1.807, 2.05) is 23.7 Å². The average Bonchev–Trinajstić information content (AvgIpc) is 3.64. The fourth-order valence-corrected chi connectivity index (χ4v) is 6.40. The quantitative estimate of drug-likeness (QED) is 0.331. The van der Waals surface area contributed by atoms with Crippen LogP contribution in [0.4, 0.5) is 17.2 Å². The zero-order valence-corrected chi connectivity index (χ0v) is 23.3. The number of hydrogen-bond donors (Lipinski definition) is 2. The van der Waals surface area contributed by atoms with Crippen LogP contribution in [0, 0.1) is 0 Å². The van der Waals surface area contributed by atoms with E-state index in [2.05, 4.69) is 56.3 Å². The summed E-state index contributed by atoms with van der Waals surface area (Å²) in [5, 5.41) is 5.18. The number of fused-ring (bicyclic) bond motifs is 1. The molecule has 6 rings (SSSR count). The second-order valence-electron chi connectivity index (χ2n) is 10.4. The summed E-state index contributed by atoms with van der Waals surface area (Å²) in [6.07, 6.45) is 4.93. The number of esters is 1. The third kappa shape index (κ3) is 5.63. The highest BCUT2D eigenvalue weighted by Crippen LogP contribution is 2.30. The monoisotopic (exact) mass is 545 g/mol. The van der Waals surface area contributed by atoms with Gasteiger partial charge in [0.15, 0.2) is 5.82 Å². The SMILES string of the molecule is COC(=O)c1sccc1Nc1nc(Cc2ccc(N3CCC(N4CCN(C)CC4)CC3)cc2)nc2cc[nH]c12. The highest BCUT2D eigenvalue weighted by molar-refractivity contribution is 7.12. The zero-order chi connectivity index (χ0) is 26.8. The highest BCUT2D eigenvalue weighted by Gasteiger charge is 2.26. The standard InChI is InChI=1S/C29H35N7O2S/c1-34-14-16-36(17-15-34)22-8-12-35(13-9-22)21-5-3-20(4-6-21)19-25-31-23-7-11-30-26(23)28(33-25)32-24-10-18-39-27(24)29(37)38-2/h3-7,10-11,18,22,30H,8-9,12-17,19H2,1-2H3,(H,31,32,33). The number of carbonyl (C=O) groups is 1. The van der Waals surface area contributed by atoms with Crippen LogP contribution < -0.4 is 10.2 Å². The maximum Gasteiger partial charge on any atom is 0.350 e. The first kappa shape index (κ1) is 25.8. The van der Waals surface area contributed by atoms with Crippen molar-refractivity contribution < 1.29 is 9.53 Å². The molecule has 9 nitrogen and oxygen atoms in total. The number of aromatic amines is 1.